The molecule has 2 fully saturated rings. The largest absolute Gasteiger partial charge is 0.472 e. The molecule has 0 saturated carbocycles. The van der Waals surface area contributed by atoms with Crippen molar-refractivity contribution in [3.8, 4) is 0 Å². The van der Waals surface area contributed by atoms with Crippen molar-refractivity contribution >= 4 is 7.82 Å². The van der Waals surface area contributed by atoms with Crippen LogP contribution < -0.4 is 0 Å². The van der Waals surface area contributed by atoms with Crippen LogP contribution in [0.3, 0.4) is 0 Å². The van der Waals surface area contributed by atoms with Crippen molar-refractivity contribution in [2.45, 2.75) is 85.8 Å². The number of hydrogen-bond donors (Lipinski definition) is 11. The third-order valence-corrected chi connectivity index (χ3v) is 7.74. The Labute approximate surface area is 246 Å². The lowest BCUT2D eigenvalue weighted by Crippen LogP contribution is -2.44. The molecule has 43 heavy (non-hydrogen) atoms. The first-order chi connectivity index (χ1) is 20.2. The summed E-state index contributed by atoms with van der Waals surface area (Å²) in [4.78, 5) is 10.2. The maximum Gasteiger partial charge on any atom is 0.472 e. The van der Waals surface area contributed by atoms with Gasteiger partial charge in [0.25, 0.3) is 0 Å². The SMILES string of the molecule is COC1C(OCC(O)C(O)C(O)COP(=O)(O)OC2C(CO)OC(OCC(O)C(O)C(O)CO)C2OC)OC(CO)C1O. The fourth-order valence-corrected chi connectivity index (χ4v) is 5.21. The maximum atomic E-state index is 12.6. The fraction of sp³-hybridized carbons (Fsp3) is 1.00. The molecule has 0 radical (unpaired) electrons. The lowest BCUT2D eigenvalue weighted by Gasteiger charge is -2.27. The standard InChI is InChI=1S/C22H43O20P/c1-35-19-17(32)13(4-24)40-21(19)37-7-11(28)16(31)12(29)8-39-43(33,34)42-18-14(5-25)41-22(20(18)36-2)38-6-10(27)15(30)9(26)3-23/h9-32H,3-8H2,1-2H3,(H,33,34). The van der Waals surface area contributed by atoms with Crippen LogP contribution in [-0.4, -0.2) is 196 Å². The molecular weight excluding hydrogens is 615 g/mol. The molecule has 11 N–H and O–H groups in total. The van der Waals surface area contributed by atoms with Gasteiger partial charge >= 0.3 is 7.82 Å². The van der Waals surface area contributed by atoms with E-state index in [-0.39, 0.29) is 0 Å². The normalized spacial score (nSPS) is 35.3. The lowest BCUT2D eigenvalue weighted by atomic mass is 10.1. The molecule has 0 aromatic rings. The summed E-state index contributed by atoms with van der Waals surface area (Å²) in [6, 6.07) is 0. The van der Waals surface area contributed by atoms with Crippen molar-refractivity contribution in [2.24, 2.45) is 0 Å². The number of ether oxygens (including phenoxy) is 6. The molecule has 15 atom stereocenters. The predicted octanol–water partition coefficient (Wildman–Crippen LogP) is -6.50. The molecule has 2 saturated heterocycles. The van der Waals surface area contributed by atoms with Crippen LogP contribution in [0.25, 0.3) is 0 Å². The summed E-state index contributed by atoms with van der Waals surface area (Å²) in [7, 11) is -2.68. The second-order valence-corrected chi connectivity index (χ2v) is 11.2. The summed E-state index contributed by atoms with van der Waals surface area (Å²) in [5, 5.41) is 97.5. The Kier molecular flexibility index (Phi) is 16.2. The number of methoxy groups -OCH3 is 2. The molecule has 0 spiro atoms. The summed E-state index contributed by atoms with van der Waals surface area (Å²) < 4.78 is 53.9. The van der Waals surface area contributed by atoms with E-state index in [2.05, 4.69) is 0 Å². The number of aliphatic hydroxyl groups is 10. The second-order valence-electron chi connectivity index (χ2n) is 9.78. The summed E-state index contributed by atoms with van der Waals surface area (Å²) in [5.41, 5.74) is 0. The Hall–Kier alpha value is -0.530. The number of phosphoric ester groups is 1. The molecule has 0 amide bonds. The average molecular weight is 659 g/mol. The van der Waals surface area contributed by atoms with Gasteiger partial charge in [-0.25, -0.2) is 4.57 Å². The van der Waals surface area contributed by atoms with Gasteiger partial charge in [-0.2, -0.15) is 0 Å². The molecular formula is C22H43O20P. The minimum absolute atomic E-state index is 0.542. The van der Waals surface area contributed by atoms with Gasteiger partial charge < -0.3 is 84.4 Å². The molecule has 0 aromatic heterocycles. The first-order valence-electron chi connectivity index (χ1n) is 13.1. The highest BCUT2D eigenvalue weighted by Gasteiger charge is 2.50. The quantitative estimate of drug-likeness (QED) is 0.0542. The molecule has 0 aliphatic carbocycles. The Balaban J connectivity index is 1.89. The zero-order valence-electron chi connectivity index (χ0n) is 23.4. The third-order valence-electron chi connectivity index (χ3n) is 6.76. The van der Waals surface area contributed by atoms with E-state index in [1.165, 1.54) is 7.11 Å². The summed E-state index contributed by atoms with van der Waals surface area (Å²) in [6.07, 6.45) is -20.9. The smallest absolute Gasteiger partial charge is 0.394 e. The van der Waals surface area contributed by atoms with E-state index in [1.54, 1.807) is 0 Å². The summed E-state index contributed by atoms with van der Waals surface area (Å²) >= 11 is 0. The number of rotatable bonds is 20. The van der Waals surface area contributed by atoms with Gasteiger partial charge in [-0.15, -0.1) is 0 Å². The molecule has 2 aliphatic heterocycles. The Bertz CT molecular complexity index is 841. The van der Waals surface area contributed by atoms with Crippen LogP contribution in [0.4, 0.5) is 0 Å². The van der Waals surface area contributed by atoms with Crippen molar-refractivity contribution in [1.29, 1.82) is 0 Å². The van der Waals surface area contributed by atoms with Gasteiger partial charge in [-0.3, -0.25) is 9.05 Å². The molecule has 15 unspecified atom stereocenters. The highest BCUT2D eigenvalue weighted by atomic mass is 31.2. The van der Waals surface area contributed by atoms with Crippen molar-refractivity contribution in [1.82, 2.24) is 0 Å². The first kappa shape index (κ1) is 38.7. The topological polar surface area (TPSA) is 313 Å². The van der Waals surface area contributed by atoms with Crippen LogP contribution in [0.15, 0.2) is 0 Å². The van der Waals surface area contributed by atoms with E-state index in [9.17, 15) is 55.4 Å². The van der Waals surface area contributed by atoms with Gasteiger partial charge in [-0.1, -0.05) is 0 Å². The monoisotopic (exact) mass is 658 g/mol. The van der Waals surface area contributed by atoms with Gasteiger partial charge in [0.2, 0.25) is 0 Å². The van der Waals surface area contributed by atoms with Crippen molar-refractivity contribution in [3.05, 3.63) is 0 Å². The van der Waals surface area contributed by atoms with Crippen LogP contribution in [0.5, 0.6) is 0 Å². The molecule has 2 aliphatic rings. The van der Waals surface area contributed by atoms with Crippen LogP contribution in [0.1, 0.15) is 0 Å². The third kappa shape index (κ3) is 10.5. The highest BCUT2D eigenvalue weighted by molar-refractivity contribution is 7.47. The average Bonchev–Trinajstić information content (AvgIpc) is 3.50. The van der Waals surface area contributed by atoms with E-state index in [1.807, 2.05) is 0 Å². The van der Waals surface area contributed by atoms with Gasteiger partial charge in [-0.05, 0) is 0 Å². The van der Waals surface area contributed by atoms with E-state index < -0.39 is 133 Å². The molecule has 21 heteroatoms. The van der Waals surface area contributed by atoms with Crippen LogP contribution in [0, 0.1) is 0 Å². The zero-order valence-corrected chi connectivity index (χ0v) is 24.3. The van der Waals surface area contributed by atoms with Crippen molar-refractivity contribution in [2.75, 3.05) is 53.9 Å². The van der Waals surface area contributed by atoms with Gasteiger partial charge in [0, 0.05) is 14.2 Å². The second kappa shape index (κ2) is 18.0. The van der Waals surface area contributed by atoms with Crippen molar-refractivity contribution in [3.63, 3.8) is 0 Å². The Morgan fingerprint density at radius 2 is 1.16 bits per heavy atom. The van der Waals surface area contributed by atoms with Gasteiger partial charge in [0.15, 0.2) is 12.6 Å². The van der Waals surface area contributed by atoms with E-state index in [4.69, 9.17) is 42.6 Å². The van der Waals surface area contributed by atoms with Gasteiger partial charge in [0.05, 0.1) is 39.6 Å². The molecule has 20 nitrogen and oxygen atoms in total. The molecule has 0 aromatic carbocycles. The minimum atomic E-state index is -5.08. The molecule has 2 heterocycles. The first-order valence-corrected chi connectivity index (χ1v) is 14.6. The maximum absolute atomic E-state index is 12.6. The Morgan fingerprint density at radius 1 is 0.698 bits per heavy atom. The minimum Gasteiger partial charge on any atom is -0.394 e. The van der Waals surface area contributed by atoms with Crippen molar-refractivity contribution < 1.29 is 98.0 Å². The number of aliphatic hydroxyl groups excluding tert-OH is 10. The van der Waals surface area contributed by atoms with E-state index >= 15 is 0 Å². The molecule has 0 bridgehead atoms. The molecule has 2 rings (SSSR count). The van der Waals surface area contributed by atoms with E-state index in [0.717, 1.165) is 7.11 Å². The zero-order chi connectivity index (χ0) is 32.5. The van der Waals surface area contributed by atoms with Crippen LogP contribution >= 0.6 is 7.82 Å². The summed E-state index contributed by atoms with van der Waals surface area (Å²) in [6.45, 7) is -4.49. The van der Waals surface area contributed by atoms with Crippen LogP contribution in [0.2, 0.25) is 0 Å². The number of hydrogen-bond acceptors (Lipinski definition) is 19. The van der Waals surface area contributed by atoms with Gasteiger partial charge in [0.1, 0.15) is 73.2 Å². The fourth-order valence-electron chi connectivity index (χ4n) is 4.24. The molecule has 256 valence electrons. The summed E-state index contributed by atoms with van der Waals surface area (Å²) in [5.74, 6) is 0. The van der Waals surface area contributed by atoms with Crippen LogP contribution in [-0.2, 0) is 42.0 Å². The predicted molar refractivity (Wildman–Crippen MR) is 135 cm³/mol. The lowest BCUT2D eigenvalue weighted by molar-refractivity contribution is -0.198. The Morgan fingerprint density at radius 3 is 1.65 bits per heavy atom. The number of phosphoric acid groups is 1. The van der Waals surface area contributed by atoms with E-state index in [0.29, 0.717) is 0 Å². The highest BCUT2D eigenvalue weighted by Crippen LogP contribution is 2.48.